The molecule has 0 aliphatic carbocycles. The number of amides is 3. The Morgan fingerprint density at radius 2 is 0.831 bits per heavy atom. The summed E-state index contributed by atoms with van der Waals surface area (Å²) in [5, 5.41) is 10.8. The average Bonchev–Trinajstić information content (AvgIpc) is 3.36. The summed E-state index contributed by atoms with van der Waals surface area (Å²) in [5.74, 6) is -0.752. The van der Waals surface area contributed by atoms with E-state index in [0.29, 0.717) is 32.1 Å². The van der Waals surface area contributed by atoms with Crippen LogP contribution in [0.2, 0.25) is 0 Å². The van der Waals surface area contributed by atoms with Gasteiger partial charge in [-0.1, -0.05) is 170 Å². The standard InChI is InChI=1S/C31H36N2O5S.C26H28N2O3S/c1-31(2,3)38-30(35)33-28(23-25-15-9-5-10-16-25)29(34)32-26(20-19-24-13-7-4-8-14-24)21-22-39(36,37)27-17-11-6-12-18-27;27-25(20-22-12-6-2-7-13-22)26(29)28-23(17-16-21-10-4-1-5-11-21)18-19-32(30,31)24-14-8-3-9-15-24/h4-18,21-22,26,28H,19-20,23H2,1-3H3,(H,32,34)(H,33,35);1-15,18-19,23,25H,16-17,20,27H2,(H,28,29)/b22-21+;19-18+/t26-,28?;23-,25?/m00/s1. The van der Waals surface area contributed by atoms with Crippen molar-refractivity contribution in [1.82, 2.24) is 16.0 Å². The van der Waals surface area contributed by atoms with Crippen molar-refractivity contribution in [3.63, 3.8) is 0 Å². The van der Waals surface area contributed by atoms with Gasteiger partial charge in [0.1, 0.15) is 11.6 Å². The number of carbonyl (C=O) groups is 3. The summed E-state index contributed by atoms with van der Waals surface area (Å²) in [4.78, 5) is 39.2. The summed E-state index contributed by atoms with van der Waals surface area (Å²) in [6.07, 6.45) is 5.29. The SMILES string of the molecule is CC(C)(C)OC(=O)NC(Cc1ccccc1)C(=O)N[C@H](/C=C/S(=O)(=O)c1ccccc1)CCc1ccccc1.NC(Cc1ccccc1)C(=O)N[C@H](/C=C/S(=O)(=O)c1ccccc1)CCc1ccccc1. The summed E-state index contributed by atoms with van der Waals surface area (Å²) in [7, 11) is -7.31. The van der Waals surface area contributed by atoms with Crippen molar-refractivity contribution in [3.05, 3.63) is 227 Å². The summed E-state index contributed by atoms with van der Waals surface area (Å²) in [5.41, 5.74) is 9.39. The van der Waals surface area contributed by atoms with E-state index in [-0.39, 0.29) is 22.1 Å². The highest BCUT2D eigenvalue weighted by Crippen LogP contribution is 2.16. The molecule has 0 aromatic heterocycles. The van der Waals surface area contributed by atoms with E-state index >= 15 is 0 Å². The van der Waals surface area contributed by atoms with Crippen LogP contribution in [0.5, 0.6) is 0 Å². The fraction of sp³-hybridized carbons (Fsp3) is 0.246. The lowest BCUT2D eigenvalue weighted by molar-refractivity contribution is -0.124. The monoisotopic (exact) mass is 996 g/mol. The second-order valence-corrected chi connectivity index (χ2v) is 21.5. The van der Waals surface area contributed by atoms with Gasteiger partial charge in [-0.25, -0.2) is 21.6 Å². The van der Waals surface area contributed by atoms with Gasteiger partial charge in [0.05, 0.1) is 15.8 Å². The molecule has 14 heteroatoms. The second kappa shape index (κ2) is 27.3. The summed E-state index contributed by atoms with van der Waals surface area (Å²) < 4.78 is 56.4. The smallest absolute Gasteiger partial charge is 0.408 e. The number of nitrogens with one attached hydrogen (secondary N) is 3. The first-order valence-corrected chi connectivity index (χ1v) is 26.5. The normalized spacial score (nSPS) is 13.5. The lowest BCUT2D eigenvalue weighted by Gasteiger charge is -2.25. The van der Waals surface area contributed by atoms with Gasteiger partial charge in [-0.2, -0.15) is 0 Å². The lowest BCUT2D eigenvalue weighted by atomic mass is 10.0. The molecule has 0 saturated heterocycles. The number of hydrogen-bond acceptors (Lipinski definition) is 9. The number of carbonyl (C=O) groups excluding carboxylic acids is 3. The zero-order chi connectivity index (χ0) is 51.1. The maximum atomic E-state index is 13.5. The molecule has 12 nitrogen and oxygen atoms in total. The van der Waals surface area contributed by atoms with Gasteiger partial charge in [-0.05, 0) is 99.4 Å². The zero-order valence-electron chi connectivity index (χ0n) is 40.3. The number of ether oxygens (including phenoxy) is 1. The third kappa shape index (κ3) is 20.0. The number of rotatable bonds is 21. The first kappa shape index (κ1) is 54.8. The predicted octanol–water partition coefficient (Wildman–Crippen LogP) is 8.89. The molecule has 0 aliphatic heterocycles. The third-order valence-electron chi connectivity index (χ3n) is 10.9. The molecular weight excluding hydrogens is 933 g/mol. The van der Waals surface area contributed by atoms with Crippen LogP contribution in [0.4, 0.5) is 4.79 Å². The van der Waals surface area contributed by atoms with Gasteiger partial charge in [0.25, 0.3) is 0 Å². The molecule has 0 aliphatic rings. The van der Waals surface area contributed by atoms with Crippen LogP contribution in [0, 0.1) is 0 Å². The molecule has 2 unspecified atom stereocenters. The van der Waals surface area contributed by atoms with Crippen LogP contribution in [0.15, 0.2) is 215 Å². The van der Waals surface area contributed by atoms with Crippen LogP contribution in [0.3, 0.4) is 0 Å². The molecule has 71 heavy (non-hydrogen) atoms. The molecule has 0 saturated carbocycles. The minimum absolute atomic E-state index is 0.169. The van der Waals surface area contributed by atoms with Crippen LogP contribution < -0.4 is 21.7 Å². The number of aryl methyl sites for hydroxylation is 2. The Balaban J connectivity index is 0.000000269. The van der Waals surface area contributed by atoms with Crippen molar-refractivity contribution < 1.29 is 36.0 Å². The Morgan fingerprint density at radius 1 is 0.493 bits per heavy atom. The van der Waals surface area contributed by atoms with Crippen LogP contribution in [0.25, 0.3) is 0 Å². The maximum absolute atomic E-state index is 13.5. The first-order chi connectivity index (χ1) is 34.0. The van der Waals surface area contributed by atoms with E-state index in [0.717, 1.165) is 27.7 Å². The van der Waals surface area contributed by atoms with E-state index in [9.17, 15) is 31.2 Å². The van der Waals surface area contributed by atoms with Crippen molar-refractivity contribution >= 4 is 37.6 Å². The molecule has 372 valence electrons. The molecular formula is C57H64N4O8S2. The molecule has 5 N–H and O–H groups in total. The minimum atomic E-state index is -3.70. The van der Waals surface area contributed by atoms with Crippen LogP contribution in [0.1, 0.15) is 55.9 Å². The molecule has 4 atom stereocenters. The second-order valence-electron chi connectivity index (χ2n) is 17.8. The summed E-state index contributed by atoms with van der Waals surface area (Å²) in [6.45, 7) is 5.24. The van der Waals surface area contributed by atoms with Crippen LogP contribution >= 0.6 is 0 Å². The summed E-state index contributed by atoms with van der Waals surface area (Å²) >= 11 is 0. The summed E-state index contributed by atoms with van der Waals surface area (Å²) in [6, 6.07) is 52.1. The van der Waals surface area contributed by atoms with Gasteiger partial charge in [-0.15, -0.1) is 0 Å². The number of benzene rings is 6. The quantitative estimate of drug-likeness (QED) is 0.0546. The number of sulfone groups is 2. The molecule has 0 spiro atoms. The highest BCUT2D eigenvalue weighted by Gasteiger charge is 2.27. The maximum Gasteiger partial charge on any atom is 0.408 e. The van der Waals surface area contributed by atoms with E-state index in [4.69, 9.17) is 10.5 Å². The van der Waals surface area contributed by atoms with Crippen LogP contribution in [-0.4, -0.2) is 64.5 Å². The Hall–Kier alpha value is -7.13. The van der Waals surface area contributed by atoms with E-state index < -0.39 is 61.4 Å². The topological polar surface area (TPSA) is 191 Å². The van der Waals surface area contributed by atoms with E-state index in [1.807, 2.05) is 121 Å². The Bertz CT molecular complexity index is 2850. The van der Waals surface area contributed by atoms with Gasteiger partial charge >= 0.3 is 6.09 Å². The van der Waals surface area contributed by atoms with Gasteiger partial charge in [0.2, 0.25) is 11.8 Å². The van der Waals surface area contributed by atoms with Crippen molar-refractivity contribution in [2.24, 2.45) is 5.73 Å². The van der Waals surface area contributed by atoms with Gasteiger partial charge < -0.3 is 26.4 Å². The third-order valence-corrected chi connectivity index (χ3v) is 13.8. The highest BCUT2D eigenvalue weighted by molar-refractivity contribution is 7.94. The van der Waals surface area contributed by atoms with Crippen molar-refractivity contribution in [2.45, 2.75) is 98.9 Å². The first-order valence-electron chi connectivity index (χ1n) is 23.4. The van der Waals surface area contributed by atoms with Crippen LogP contribution in [-0.2, 0) is 59.7 Å². The van der Waals surface area contributed by atoms with E-state index in [1.165, 1.54) is 23.6 Å². The molecule has 0 radical (unpaired) electrons. The largest absolute Gasteiger partial charge is 0.444 e. The minimum Gasteiger partial charge on any atom is -0.444 e. The molecule has 0 heterocycles. The fourth-order valence-corrected chi connectivity index (χ4v) is 9.36. The average molecular weight is 997 g/mol. The van der Waals surface area contributed by atoms with Gasteiger partial charge in [-0.3, -0.25) is 9.59 Å². The molecule has 6 aromatic carbocycles. The molecule has 3 amide bonds. The Labute approximate surface area is 419 Å². The van der Waals surface area contributed by atoms with E-state index in [2.05, 4.69) is 16.0 Å². The fourth-order valence-electron chi connectivity index (χ4n) is 7.18. The highest BCUT2D eigenvalue weighted by atomic mass is 32.2. The number of hydrogen-bond donors (Lipinski definition) is 4. The van der Waals surface area contributed by atoms with Crippen molar-refractivity contribution in [2.75, 3.05) is 0 Å². The van der Waals surface area contributed by atoms with Gasteiger partial charge in [0.15, 0.2) is 19.7 Å². The van der Waals surface area contributed by atoms with Gasteiger partial charge in [0, 0.05) is 29.3 Å². The molecule has 0 fully saturated rings. The van der Waals surface area contributed by atoms with E-state index in [1.54, 1.807) is 75.4 Å². The zero-order valence-corrected chi connectivity index (χ0v) is 42.0. The Kier molecular flexibility index (Phi) is 21.1. The Morgan fingerprint density at radius 3 is 1.21 bits per heavy atom. The van der Waals surface area contributed by atoms with Crippen molar-refractivity contribution in [1.29, 1.82) is 0 Å². The molecule has 0 bridgehead atoms. The number of alkyl carbamates (subject to hydrolysis) is 1. The van der Waals surface area contributed by atoms with Crippen molar-refractivity contribution in [3.8, 4) is 0 Å². The molecule has 6 rings (SSSR count). The predicted molar refractivity (Wildman–Crippen MR) is 280 cm³/mol. The lowest BCUT2D eigenvalue weighted by Crippen LogP contribution is -2.51. The molecule has 6 aromatic rings. The number of nitrogens with two attached hydrogens (primary N) is 1.